The van der Waals surface area contributed by atoms with Gasteiger partial charge in [-0.2, -0.15) is 10.2 Å². The number of rotatable bonds is 6. The van der Waals surface area contributed by atoms with E-state index >= 15 is 0 Å². The van der Waals surface area contributed by atoms with Gasteiger partial charge in [0.15, 0.2) is 5.69 Å². The molecule has 2 heterocycles. The summed E-state index contributed by atoms with van der Waals surface area (Å²) in [5.41, 5.74) is 3.02. The fourth-order valence-corrected chi connectivity index (χ4v) is 4.10. The molecule has 3 aromatic rings. The molecule has 1 aliphatic rings. The molecule has 38 heavy (non-hydrogen) atoms. The van der Waals surface area contributed by atoms with Gasteiger partial charge in [-0.25, -0.2) is 9.48 Å². The molecular formula is C29H48N6O3. The van der Waals surface area contributed by atoms with Crippen molar-refractivity contribution in [2.75, 3.05) is 27.8 Å². The van der Waals surface area contributed by atoms with Crippen LogP contribution in [0.5, 0.6) is 5.75 Å². The molecule has 0 saturated heterocycles. The topological polar surface area (TPSA) is 95.2 Å². The third kappa shape index (κ3) is 10.7. The Kier molecular flexibility index (Phi) is 15.7. The van der Waals surface area contributed by atoms with Crippen molar-refractivity contribution in [1.82, 2.24) is 30.2 Å². The summed E-state index contributed by atoms with van der Waals surface area (Å²) in [7, 11) is 7.63. The first-order chi connectivity index (χ1) is 18.3. The molecule has 0 amide bonds. The van der Waals surface area contributed by atoms with E-state index in [1.165, 1.54) is 25.7 Å². The number of hydrogen-bond donors (Lipinski definition) is 2. The van der Waals surface area contributed by atoms with E-state index < -0.39 is 5.97 Å². The van der Waals surface area contributed by atoms with Crippen LogP contribution in [0.15, 0.2) is 42.7 Å². The number of carbonyl (C=O) groups excluding carboxylic acids is 1. The average molecular weight is 529 g/mol. The predicted octanol–water partition coefficient (Wildman–Crippen LogP) is 4.86. The summed E-state index contributed by atoms with van der Waals surface area (Å²) in [5, 5.41) is 15.0. The molecule has 0 bridgehead atoms. The molecule has 2 atom stereocenters. The number of esters is 1. The number of ether oxygens (including phenoxy) is 2. The standard InChI is InChI=1S/C14H16N2O3.C8H18N2.C5H8N2.C2H6/c1-4-19-14(17)13-10(2)9-16(15-13)11-6-5-7-12(8-11)18-3;1-9-7-5-3-4-6-8(7)10-2;1-5-3-4-7(2)6-5;1-2/h5-9H,4H2,1-3H3;7-10H,3-6H2,1-2H3;3-4H,1-2H3;1-2H3. The van der Waals surface area contributed by atoms with Crippen LogP contribution in [-0.4, -0.2) is 65.4 Å². The molecule has 212 valence electrons. The lowest BCUT2D eigenvalue weighted by Crippen LogP contribution is -2.47. The van der Waals surface area contributed by atoms with Crippen molar-refractivity contribution in [1.29, 1.82) is 0 Å². The summed E-state index contributed by atoms with van der Waals surface area (Å²) in [5.74, 6) is 0.338. The van der Waals surface area contributed by atoms with Crippen molar-refractivity contribution in [2.45, 2.75) is 72.4 Å². The predicted molar refractivity (Wildman–Crippen MR) is 154 cm³/mol. The molecule has 0 radical (unpaired) electrons. The number of nitrogens with one attached hydrogen (secondary N) is 2. The minimum Gasteiger partial charge on any atom is -0.497 e. The Morgan fingerprint density at radius 2 is 1.68 bits per heavy atom. The second-order valence-electron chi connectivity index (χ2n) is 8.73. The van der Waals surface area contributed by atoms with Crippen molar-refractivity contribution in [2.24, 2.45) is 7.05 Å². The van der Waals surface area contributed by atoms with E-state index in [-0.39, 0.29) is 0 Å². The van der Waals surface area contributed by atoms with Gasteiger partial charge in [0.2, 0.25) is 0 Å². The van der Waals surface area contributed by atoms with Gasteiger partial charge in [-0.05, 0) is 65.9 Å². The van der Waals surface area contributed by atoms with Gasteiger partial charge in [-0.3, -0.25) is 4.68 Å². The maximum absolute atomic E-state index is 11.7. The zero-order valence-corrected chi connectivity index (χ0v) is 24.7. The molecule has 1 saturated carbocycles. The molecule has 2 unspecified atom stereocenters. The highest BCUT2D eigenvalue weighted by molar-refractivity contribution is 5.88. The second-order valence-corrected chi connectivity index (χ2v) is 8.73. The Hall–Kier alpha value is -3.17. The zero-order valence-electron chi connectivity index (χ0n) is 24.7. The Labute approximate surface area is 228 Å². The lowest BCUT2D eigenvalue weighted by atomic mass is 9.91. The molecule has 1 aromatic carbocycles. The third-order valence-electron chi connectivity index (χ3n) is 6.04. The van der Waals surface area contributed by atoms with Gasteiger partial charge in [0.1, 0.15) is 5.75 Å². The number of hydrogen-bond acceptors (Lipinski definition) is 7. The van der Waals surface area contributed by atoms with Gasteiger partial charge in [0, 0.05) is 43.2 Å². The van der Waals surface area contributed by atoms with Crippen molar-refractivity contribution in [3.05, 3.63) is 59.7 Å². The second kappa shape index (κ2) is 18.1. The minimum absolute atomic E-state index is 0.338. The van der Waals surface area contributed by atoms with Gasteiger partial charge in [-0.15, -0.1) is 0 Å². The van der Waals surface area contributed by atoms with Crippen LogP contribution in [0.4, 0.5) is 0 Å². The molecule has 1 aliphatic carbocycles. The zero-order chi connectivity index (χ0) is 28.5. The van der Waals surface area contributed by atoms with Crippen LogP contribution in [0.2, 0.25) is 0 Å². The lowest BCUT2D eigenvalue weighted by molar-refractivity contribution is 0.0518. The molecular weight excluding hydrogens is 480 g/mol. The highest BCUT2D eigenvalue weighted by Gasteiger charge is 2.21. The van der Waals surface area contributed by atoms with Crippen LogP contribution in [0.25, 0.3) is 5.69 Å². The third-order valence-corrected chi connectivity index (χ3v) is 6.04. The first kappa shape index (κ1) is 32.9. The molecule has 9 heteroatoms. The van der Waals surface area contributed by atoms with Crippen molar-refractivity contribution < 1.29 is 14.3 Å². The largest absolute Gasteiger partial charge is 0.497 e. The van der Waals surface area contributed by atoms with Gasteiger partial charge in [0.05, 0.1) is 25.1 Å². The van der Waals surface area contributed by atoms with Crippen LogP contribution in [0, 0.1) is 13.8 Å². The number of aryl methyl sites for hydroxylation is 3. The first-order valence-corrected chi connectivity index (χ1v) is 13.5. The summed E-state index contributed by atoms with van der Waals surface area (Å²) in [4.78, 5) is 11.7. The van der Waals surface area contributed by atoms with Crippen LogP contribution < -0.4 is 15.4 Å². The van der Waals surface area contributed by atoms with E-state index in [1.807, 2.05) is 71.3 Å². The fraction of sp³-hybridized carbons (Fsp3) is 0.552. The number of methoxy groups -OCH3 is 1. The summed E-state index contributed by atoms with van der Waals surface area (Å²) in [6.07, 6.45) is 9.17. The Balaban J connectivity index is 0.000000316. The maximum atomic E-state index is 11.7. The molecule has 2 N–H and O–H groups in total. The van der Waals surface area contributed by atoms with E-state index in [0.29, 0.717) is 24.4 Å². The van der Waals surface area contributed by atoms with Crippen LogP contribution >= 0.6 is 0 Å². The van der Waals surface area contributed by atoms with E-state index in [1.54, 1.807) is 29.6 Å². The van der Waals surface area contributed by atoms with E-state index in [2.05, 4.69) is 34.9 Å². The van der Waals surface area contributed by atoms with Gasteiger partial charge in [-0.1, -0.05) is 32.8 Å². The highest BCUT2D eigenvalue weighted by Crippen LogP contribution is 2.18. The first-order valence-electron chi connectivity index (χ1n) is 13.5. The summed E-state index contributed by atoms with van der Waals surface area (Å²) >= 11 is 0. The van der Waals surface area contributed by atoms with Gasteiger partial charge < -0.3 is 20.1 Å². The fourth-order valence-electron chi connectivity index (χ4n) is 4.10. The Morgan fingerprint density at radius 3 is 2.13 bits per heavy atom. The van der Waals surface area contributed by atoms with E-state index in [4.69, 9.17) is 9.47 Å². The monoisotopic (exact) mass is 528 g/mol. The summed E-state index contributed by atoms with van der Waals surface area (Å²) in [6.45, 7) is 9.91. The molecule has 0 aliphatic heterocycles. The maximum Gasteiger partial charge on any atom is 0.359 e. The van der Waals surface area contributed by atoms with Crippen molar-refractivity contribution >= 4 is 5.97 Å². The molecule has 1 fully saturated rings. The molecule has 4 rings (SSSR count). The number of likely N-dealkylation sites (N-methyl/N-ethyl adjacent to an activating group) is 2. The summed E-state index contributed by atoms with van der Waals surface area (Å²) < 4.78 is 13.6. The highest BCUT2D eigenvalue weighted by atomic mass is 16.5. The summed E-state index contributed by atoms with van der Waals surface area (Å²) in [6, 6.07) is 10.9. The normalized spacial score (nSPS) is 16.0. The Bertz CT molecular complexity index is 1030. The van der Waals surface area contributed by atoms with Gasteiger partial charge in [0.25, 0.3) is 0 Å². The molecule has 2 aromatic heterocycles. The quantitative estimate of drug-likeness (QED) is 0.441. The minimum atomic E-state index is -0.401. The SMILES string of the molecule is CC.CCOC(=O)c1nn(-c2cccc(OC)c2)cc1C.CNC1CCCCC1NC.Cc1ccn(C)n1. The lowest BCUT2D eigenvalue weighted by Gasteiger charge is -2.30. The van der Waals surface area contributed by atoms with Crippen LogP contribution in [0.1, 0.15) is 68.2 Å². The van der Waals surface area contributed by atoms with Crippen molar-refractivity contribution in [3.63, 3.8) is 0 Å². The number of nitrogens with zero attached hydrogens (tertiary/aromatic N) is 4. The van der Waals surface area contributed by atoms with Crippen molar-refractivity contribution in [3.8, 4) is 11.4 Å². The number of aromatic nitrogens is 4. The molecule has 9 nitrogen and oxygen atoms in total. The van der Waals surface area contributed by atoms with Crippen LogP contribution in [-0.2, 0) is 11.8 Å². The molecule has 0 spiro atoms. The number of benzene rings is 1. The van der Waals surface area contributed by atoms with E-state index in [9.17, 15) is 4.79 Å². The van der Waals surface area contributed by atoms with E-state index in [0.717, 1.165) is 22.7 Å². The Morgan fingerprint density at radius 1 is 1.05 bits per heavy atom. The number of carbonyl (C=O) groups is 1. The average Bonchev–Trinajstić information content (AvgIpc) is 3.54. The van der Waals surface area contributed by atoms with Gasteiger partial charge >= 0.3 is 5.97 Å². The van der Waals surface area contributed by atoms with Crippen LogP contribution in [0.3, 0.4) is 0 Å². The smallest absolute Gasteiger partial charge is 0.359 e.